The molecule has 2 aromatic rings. The number of nitrogens with one attached hydrogen (secondary N) is 2. The molecule has 0 aliphatic carbocycles. The zero-order chi connectivity index (χ0) is 32.0. The normalized spacial score (nSPS) is 19.2. The van der Waals surface area contributed by atoms with Crippen molar-refractivity contribution in [1.82, 2.24) is 30.4 Å². The Balaban J connectivity index is 1.45. The largest absolute Gasteiger partial charge is 0.467 e. The maximum atomic E-state index is 13.9. The summed E-state index contributed by atoms with van der Waals surface area (Å²) in [6.45, 7) is 7.93. The summed E-state index contributed by atoms with van der Waals surface area (Å²) in [5.41, 5.74) is 2.29. The van der Waals surface area contributed by atoms with Crippen LogP contribution < -0.4 is 10.6 Å². The molecule has 4 rings (SSSR count). The first-order valence-electron chi connectivity index (χ1n) is 14.8. The predicted octanol–water partition coefficient (Wildman–Crippen LogP) is 1.71. The highest BCUT2D eigenvalue weighted by Crippen LogP contribution is 2.26. The van der Waals surface area contributed by atoms with Gasteiger partial charge in [-0.1, -0.05) is 52.0 Å². The molecular weight excluding hydrogens is 568 g/mol. The van der Waals surface area contributed by atoms with E-state index in [0.717, 1.165) is 5.56 Å². The van der Waals surface area contributed by atoms with E-state index in [4.69, 9.17) is 9.47 Å². The van der Waals surface area contributed by atoms with E-state index < -0.39 is 54.0 Å². The molecule has 13 nitrogen and oxygen atoms in total. The zero-order valence-electron chi connectivity index (χ0n) is 25.7. The molecule has 0 bridgehead atoms. The van der Waals surface area contributed by atoms with E-state index >= 15 is 0 Å². The lowest BCUT2D eigenvalue weighted by atomic mass is 9.99. The van der Waals surface area contributed by atoms with Crippen LogP contribution in [0.15, 0.2) is 42.9 Å². The second-order valence-electron chi connectivity index (χ2n) is 11.7. The van der Waals surface area contributed by atoms with E-state index in [1.807, 2.05) is 24.3 Å². The summed E-state index contributed by atoms with van der Waals surface area (Å²) in [7, 11) is 1.23. The number of carbonyl (C=O) groups is 5. The van der Waals surface area contributed by atoms with Crippen molar-refractivity contribution in [3.05, 3.63) is 59.7 Å². The number of fused-ring (bicyclic) bond motifs is 1. The Morgan fingerprint density at radius 1 is 0.955 bits per heavy atom. The third kappa shape index (κ3) is 7.50. The maximum absolute atomic E-state index is 13.9. The first kappa shape index (κ1) is 32.4. The molecule has 4 atom stereocenters. The van der Waals surface area contributed by atoms with Crippen molar-refractivity contribution < 1.29 is 33.4 Å². The minimum atomic E-state index is -1.03. The summed E-state index contributed by atoms with van der Waals surface area (Å²) in [6.07, 6.45) is 3.60. The topological polar surface area (TPSA) is 160 Å². The Hall–Kier alpha value is -4.55. The van der Waals surface area contributed by atoms with Crippen LogP contribution >= 0.6 is 0 Å². The number of methoxy groups -OCH3 is 1. The lowest BCUT2D eigenvalue weighted by molar-refractivity contribution is -0.152. The van der Waals surface area contributed by atoms with Gasteiger partial charge in [0.05, 0.1) is 19.9 Å². The van der Waals surface area contributed by atoms with Crippen LogP contribution in [-0.4, -0.2) is 94.0 Å². The smallest absolute Gasteiger partial charge is 0.410 e. The number of esters is 1. The van der Waals surface area contributed by atoms with Crippen LogP contribution in [0.25, 0.3) is 0 Å². The summed E-state index contributed by atoms with van der Waals surface area (Å²) in [4.78, 5) is 76.7. The molecule has 2 N–H and O–H groups in total. The van der Waals surface area contributed by atoms with E-state index in [1.165, 1.54) is 36.2 Å². The van der Waals surface area contributed by atoms with Crippen molar-refractivity contribution in [3.63, 3.8) is 0 Å². The monoisotopic (exact) mass is 608 g/mol. The molecule has 1 aromatic carbocycles. The fraction of sp³-hybridized carbons (Fsp3) is 0.516. The van der Waals surface area contributed by atoms with Crippen molar-refractivity contribution in [1.29, 1.82) is 0 Å². The first-order valence-corrected chi connectivity index (χ1v) is 14.8. The molecule has 3 heterocycles. The zero-order valence-corrected chi connectivity index (χ0v) is 25.7. The molecule has 1 fully saturated rings. The molecule has 2 unspecified atom stereocenters. The van der Waals surface area contributed by atoms with E-state index in [-0.39, 0.29) is 30.5 Å². The Kier molecular flexibility index (Phi) is 10.5. The van der Waals surface area contributed by atoms with Gasteiger partial charge >= 0.3 is 12.1 Å². The van der Waals surface area contributed by atoms with E-state index in [2.05, 4.69) is 20.6 Å². The minimum absolute atomic E-state index is 0.0368. The number of hydrogen-bond acceptors (Lipinski definition) is 9. The van der Waals surface area contributed by atoms with Gasteiger partial charge in [0.15, 0.2) is 0 Å². The molecular formula is C31H40N6O7. The van der Waals surface area contributed by atoms with Gasteiger partial charge in [0.2, 0.25) is 11.8 Å². The third-order valence-corrected chi connectivity index (χ3v) is 7.94. The Morgan fingerprint density at radius 3 is 2.30 bits per heavy atom. The highest BCUT2D eigenvalue weighted by Gasteiger charge is 2.45. The minimum Gasteiger partial charge on any atom is -0.467 e. The molecule has 1 saturated heterocycles. The van der Waals surface area contributed by atoms with Crippen LogP contribution in [0.3, 0.4) is 0 Å². The molecule has 1 aromatic heterocycles. The summed E-state index contributed by atoms with van der Waals surface area (Å²) in [6, 6.07) is 4.91. The van der Waals surface area contributed by atoms with Crippen LogP contribution in [0.2, 0.25) is 0 Å². The molecule has 0 radical (unpaired) electrons. The fourth-order valence-electron chi connectivity index (χ4n) is 5.46. The van der Waals surface area contributed by atoms with Gasteiger partial charge in [-0.25, -0.2) is 14.6 Å². The summed E-state index contributed by atoms with van der Waals surface area (Å²) in [5, 5.41) is 5.45. The number of nitrogens with zero attached hydrogens (tertiary/aromatic N) is 4. The van der Waals surface area contributed by atoms with Gasteiger partial charge in [-0.15, -0.1) is 0 Å². The summed E-state index contributed by atoms with van der Waals surface area (Å²) < 4.78 is 10.8. The van der Waals surface area contributed by atoms with E-state index in [1.54, 1.807) is 32.6 Å². The highest BCUT2D eigenvalue weighted by atomic mass is 16.6. The van der Waals surface area contributed by atoms with Crippen molar-refractivity contribution in [2.24, 2.45) is 11.8 Å². The van der Waals surface area contributed by atoms with Crippen molar-refractivity contribution in [3.8, 4) is 0 Å². The van der Waals surface area contributed by atoms with E-state index in [0.29, 0.717) is 19.5 Å². The van der Waals surface area contributed by atoms with Crippen LogP contribution in [0.5, 0.6) is 0 Å². The number of carbonyl (C=O) groups excluding carboxylic acids is 5. The summed E-state index contributed by atoms with van der Waals surface area (Å²) in [5.74, 6) is -2.99. The van der Waals surface area contributed by atoms with Gasteiger partial charge in [-0.3, -0.25) is 19.4 Å². The summed E-state index contributed by atoms with van der Waals surface area (Å²) >= 11 is 0. The van der Waals surface area contributed by atoms with Gasteiger partial charge in [-0.05, 0) is 29.4 Å². The molecule has 0 saturated carbocycles. The van der Waals surface area contributed by atoms with Gasteiger partial charge < -0.3 is 29.9 Å². The number of likely N-dealkylation sites (tertiary alicyclic amines) is 1. The molecule has 2 aliphatic heterocycles. The SMILES string of the molecule is COC(=O)C1CC(OC(=O)N2CCc3ccccc3C2)CN1C(=O)[C@@H](NC(=O)[C@@H](NC(=O)c1cnccn1)C(C)C)C(C)C. The number of rotatable bonds is 9. The fourth-order valence-corrected chi connectivity index (χ4v) is 5.46. The Morgan fingerprint density at radius 2 is 1.66 bits per heavy atom. The second kappa shape index (κ2) is 14.3. The third-order valence-electron chi connectivity index (χ3n) is 7.94. The number of benzene rings is 1. The van der Waals surface area contributed by atoms with Gasteiger partial charge in [0.25, 0.3) is 5.91 Å². The molecule has 0 spiro atoms. The van der Waals surface area contributed by atoms with Crippen LogP contribution in [-0.2, 0) is 36.8 Å². The predicted molar refractivity (Wildman–Crippen MR) is 158 cm³/mol. The maximum Gasteiger partial charge on any atom is 0.410 e. The van der Waals surface area contributed by atoms with Crippen molar-refractivity contribution in [2.75, 3.05) is 20.2 Å². The van der Waals surface area contributed by atoms with Gasteiger partial charge in [-0.2, -0.15) is 0 Å². The number of hydrogen-bond donors (Lipinski definition) is 2. The lowest BCUT2D eigenvalue weighted by Gasteiger charge is -2.31. The van der Waals surface area contributed by atoms with Gasteiger partial charge in [0.1, 0.15) is 29.9 Å². The van der Waals surface area contributed by atoms with Crippen LogP contribution in [0.4, 0.5) is 4.79 Å². The second-order valence-corrected chi connectivity index (χ2v) is 11.7. The average molecular weight is 609 g/mol. The molecule has 236 valence electrons. The number of aromatic nitrogens is 2. The molecule has 2 aliphatic rings. The standard InChI is InChI=1S/C31H40N6O7/c1-18(2)25(34-27(38)23-15-32-11-12-33-23)28(39)35-26(19(3)4)29(40)37-17-22(14-24(37)30(41)43-5)44-31(42)36-13-10-20-8-6-7-9-21(20)16-36/h6-9,11-12,15,18-19,22,24-26H,10,13-14,16-17H2,1-5H3,(H,34,38)(H,35,39)/t22?,24?,25-,26-/m0/s1. The quantitative estimate of drug-likeness (QED) is 0.404. The van der Waals surface area contributed by atoms with Crippen molar-refractivity contribution >= 4 is 29.8 Å². The molecule has 13 heteroatoms. The van der Waals surface area contributed by atoms with Crippen LogP contribution in [0.1, 0.15) is 55.7 Å². The average Bonchev–Trinajstić information content (AvgIpc) is 3.45. The van der Waals surface area contributed by atoms with Crippen molar-refractivity contribution in [2.45, 2.75) is 71.3 Å². The first-order chi connectivity index (χ1) is 21.0. The molecule has 4 amide bonds. The Labute approximate surface area is 256 Å². The van der Waals surface area contributed by atoms with E-state index in [9.17, 15) is 24.0 Å². The highest BCUT2D eigenvalue weighted by molar-refractivity contribution is 5.97. The number of ether oxygens (including phenoxy) is 2. The molecule has 44 heavy (non-hydrogen) atoms. The van der Waals surface area contributed by atoms with Gasteiger partial charge in [0, 0.05) is 31.9 Å². The lowest BCUT2D eigenvalue weighted by Crippen LogP contribution is -2.58. The number of amides is 4. The Bertz CT molecular complexity index is 1370. The van der Waals surface area contributed by atoms with Crippen LogP contribution in [0, 0.1) is 11.8 Å².